The topological polar surface area (TPSA) is 59.6 Å². The van der Waals surface area contributed by atoms with Gasteiger partial charge in [-0.15, -0.1) is 0 Å². The van der Waals surface area contributed by atoms with E-state index in [-0.39, 0.29) is 5.57 Å². The van der Waals surface area contributed by atoms with Gasteiger partial charge in [-0.1, -0.05) is 25.5 Å². The van der Waals surface area contributed by atoms with Gasteiger partial charge in [0.2, 0.25) is 0 Å². The summed E-state index contributed by atoms with van der Waals surface area (Å²) in [5.74, 6) is 0. The fraction of sp³-hybridized carbons (Fsp3) is 0.231. The second kappa shape index (κ2) is 6.27. The molecule has 3 heteroatoms. The van der Waals surface area contributed by atoms with Gasteiger partial charge in [0, 0.05) is 11.9 Å². The Labute approximate surface area is 95.6 Å². The molecule has 80 valence electrons. The van der Waals surface area contributed by atoms with E-state index in [1.54, 1.807) is 12.1 Å². The summed E-state index contributed by atoms with van der Waals surface area (Å²) in [5.41, 5.74) is 2.23. The number of benzene rings is 1. The van der Waals surface area contributed by atoms with Crippen LogP contribution < -0.4 is 5.32 Å². The molecule has 0 radical (unpaired) electrons. The van der Waals surface area contributed by atoms with Crippen molar-refractivity contribution in [3.8, 4) is 12.1 Å². The number of anilines is 1. The summed E-state index contributed by atoms with van der Waals surface area (Å²) in [4.78, 5) is 0. The SMILES string of the molecule is CCCc1ccc(NC=C(C#N)C#N)cc1. The number of aryl methyl sites for hydroxylation is 1. The van der Waals surface area contributed by atoms with E-state index in [4.69, 9.17) is 10.5 Å². The fourth-order valence-corrected chi connectivity index (χ4v) is 1.30. The predicted octanol–water partition coefficient (Wildman–Crippen LogP) is 2.98. The molecule has 1 rings (SSSR count). The Morgan fingerprint density at radius 2 is 1.88 bits per heavy atom. The van der Waals surface area contributed by atoms with Crippen LogP contribution in [-0.4, -0.2) is 0 Å². The number of nitrogens with one attached hydrogen (secondary N) is 1. The highest BCUT2D eigenvalue weighted by Crippen LogP contribution is 2.11. The molecule has 0 heterocycles. The number of nitrogens with zero attached hydrogens (tertiary/aromatic N) is 2. The Bertz CT molecular complexity index is 428. The van der Waals surface area contributed by atoms with E-state index in [0.29, 0.717) is 0 Å². The number of rotatable bonds is 4. The van der Waals surface area contributed by atoms with Crippen molar-refractivity contribution in [1.82, 2.24) is 0 Å². The van der Waals surface area contributed by atoms with Crippen molar-refractivity contribution in [3.05, 3.63) is 41.6 Å². The number of hydrogen-bond acceptors (Lipinski definition) is 3. The predicted molar refractivity (Wildman–Crippen MR) is 63.4 cm³/mol. The van der Waals surface area contributed by atoms with Crippen LogP contribution in [0.1, 0.15) is 18.9 Å². The lowest BCUT2D eigenvalue weighted by atomic mass is 10.1. The summed E-state index contributed by atoms with van der Waals surface area (Å²) >= 11 is 0. The third kappa shape index (κ3) is 3.48. The van der Waals surface area contributed by atoms with Crippen LogP contribution in [0.2, 0.25) is 0 Å². The molecule has 0 aliphatic rings. The second-order valence-corrected chi connectivity index (χ2v) is 3.37. The first-order valence-electron chi connectivity index (χ1n) is 5.16. The number of hydrogen-bond donors (Lipinski definition) is 1. The normalized spacial score (nSPS) is 8.69. The van der Waals surface area contributed by atoms with Crippen molar-refractivity contribution in [2.45, 2.75) is 19.8 Å². The molecule has 0 aromatic heterocycles. The van der Waals surface area contributed by atoms with Crippen LogP contribution in [0.25, 0.3) is 0 Å². The van der Waals surface area contributed by atoms with Gasteiger partial charge in [-0.2, -0.15) is 10.5 Å². The van der Waals surface area contributed by atoms with Gasteiger partial charge >= 0.3 is 0 Å². The molecule has 0 bridgehead atoms. The number of allylic oxidation sites excluding steroid dienone is 1. The average Bonchev–Trinajstić information content (AvgIpc) is 2.33. The second-order valence-electron chi connectivity index (χ2n) is 3.37. The fourth-order valence-electron chi connectivity index (χ4n) is 1.30. The summed E-state index contributed by atoms with van der Waals surface area (Å²) in [6.07, 6.45) is 3.60. The largest absolute Gasteiger partial charge is 0.360 e. The Hall–Kier alpha value is -2.26. The molecule has 0 aliphatic carbocycles. The quantitative estimate of drug-likeness (QED) is 0.779. The first-order chi connectivity index (χ1) is 7.80. The van der Waals surface area contributed by atoms with Gasteiger partial charge in [-0.3, -0.25) is 0 Å². The lowest BCUT2D eigenvalue weighted by molar-refractivity contribution is 0.922. The third-order valence-electron chi connectivity index (χ3n) is 2.12. The van der Waals surface area contributed by atoms with Crippen molar-refractivity contribution < 1.29 is 0 Å². The summed E-state index contributed by atoms with van der Waals surface area (Å²) in [6.45, 7) is 2.14. The maximum absolute atomic E-state index is 8.54. The van der Waals surface area contributed by atoms with E-state index in [1.165, 1.54) is 11.8 Å². The van der Waals surface area contributed by atoms with Crippen LogP contribution in [-0.2, 0) is 6.42 Å². The highest BCUT2D eigenvalue weighted by molar-refractivity contribution is 5.50. The van der Waals surface area contributed by atoms with Crippen LogP contribution in [0, 0.1) is 22.7 Å². The van der Waals surface area contributed by atoms with E-state index in [1.807, 2.05) is 24.3 Å². The molecule has 3 nitrogen and oxygen atoms in total. The first-order valence-corrected chi connectivity index (χ1v) is 5.16. The molecule has 0 amide bonds. The molecule has 0 saturated carbocycles. The molecule has 1 aromatic carbocycles. The van der Waals surface area contributed by atoms with Gasteiger partial charge < -0.3 is 5.32 Å². The zero-order valence-electron chi connectivity index (χ0n) is 9.20. The maximum atomic E-state index is 8.54. The van der Waals surface area contributed by atoms with Gasteiger partial charge in [0.25, 0.3) is 0 Å². The lowest BCUT2D eigenvalue weighted by Gasteiger charge is -2.02. The van der Waals surface area contributed by atoms with E-state index < -0.39 is 0 Å². The molecule has 1 aromatic rings. The molecule has 0 unspecified atom stereocenters. The van der Waals surface area contributed by atoms with Gasteiger partial charge in [-0.25, -0.2) is 0 Å². The molecule has 16 heavy (non-hydrogen) atoms. The summed E-state index contributed by atoms with van der Waals surface area (Å²) < 4.78 is 0. The van der Waals surface area contributed by atoms with Crippen molar-refractivity contribution in [2.24, 2.45) is 0 Å². The Balaban J connectivity index is 2.67. The molecule has 0 saturated heterocycles. The minimum Gasteiger partial charge on any atom is -0.360 e. The van der Waals surface area contributed by atoms with Crippen molar-refractivity contribution in [3.63, 3.8) is 0 Å². The standard InChI is InChI=1S/C13H13N3/c1-2-3-11-4-6-13(7-5-11)16-10-12(8-14)9-15/h4-7,10,16H,2-3H2,1H3. The monoisotopic (exact) mass is 211 g/mol. The highest BCUT2D eigenvalue weighted by Gasteiger charge is 1.94. The van der Waals surface area contributed by atoms with Gasteiger partial charge in [-0.05, 0) is 24.1 Å². The van der Waals surface area contributed by atoms with Crippen molar-refractivity contribution in [2.75, 3.05) is 5.32 Å². The van der Waals surface area contributed by atoms with E-state index in [2.05, 4.69) is 12.2 Å². The van der Waals surface area contributed by atoms with Crippen molar-refractivity contribution >= 4 is 5.69 Å². The molecule has 0 aliphatic heterocycles. The molecular weight excluding hydrogens is 198 g/mol. The third-order valence-corrected chi connectivity index (χ3v) is 2.12. The first kappa shape index (κ1) is 11.8. The molecule has 0 atom stereocenters. The summed E-state index contributed by atoms with van der Waals surface area (Å²) in [5, 5.41) is 20.0. The zero-order valence-corrected chi connectivity index (χ0v) is 9.20. The van der Waals surface area contributed by atoms with Crippen LogP contribution in [0.15, 0.2) is 36.0 Å². The van der Waals surface area contributed by atoms with Crippen LogP contribution in [0.3, 0.4) is 0 Å². The highest BCUT2D eigenvalue weighted by atomic mass is 14.8. The Morgan fingerprint density at radius 3 is 2.38 bits per heavy atom. The smallest absolute Gasteiger partial charge is 0.145 e. The van der Waals surface area contributed by atoms with Gasteiger partial charge in [0.05, 0.1) is 0 Å². The summed E-state index contributed by atoms with van der Waals surface area (Å²) in [7, 11) is 0. The van der Waals surface area contributed by atoms with Crippen LogP contribution in [0.4, 0.5) is 5.69 Å². The Kier molecular flexibility index (Phi) is 4.63. The number of nitriles is 2. The molecule has 1 N–H and O–H groups in total. The minimum absolute atomic E-state index is 0.0673. The van der Waals surface area contributed by atoms with Crippen LogP contribution >= 0.6 is 0 Å². The van der Waals surface area contributed by atoms with E-state index in [0.717, 1.165) is 18.5 Å². The molecular formula is C13H13N3. The van der Waals surface area contributed by atoms with Crippen LogP contribution in [0.5, 0.6) is 0 Å². The maximum Gasteiger partial charge on any atom is 0.145 e. The Morgan fingerprint density at radius 1 is 1.25 bits per heavy atom. The zero-order chi connectivity index (χ0) is 11.8. The van der Waals surface area contributed by atoms with E-state index in [9.17, 15) is 0 Å². The lowest BCUT2D eigenvalue weighted by Crippen LogP contribution is -1.90. The summed E-state index contributed by atoms with van der Waals surface area (Å²) in [6, 6.07) is 11.5. The minimum atomic E-state index is 0.0673. The average molecular weight is 211 g/mol. The molecule has 0 spiro atoms. The van der Waals surface area contributed by atoms with Gasteiger partial charge in [0.1, 0.15) is 17.7 Å². The van der Waals surface area contributed by atoms with Crippen molar-refractivity contribution in [1.29, 1.82) is 10.5 Å². The van der Waals surface area contributed by atoms with E-state index >= 15 is 0 Å². The molecule has 0 fully saturated rings. The van der Waals surface area contributed by atoms with Gasteiger partial charge in [0.15, 0.2) is 0 Å².